The normalized spacial score (nSPS) is 10.5. The van der Waals surface area contributed by atoms with Crippen LogP contribution in [0.3, 0.4) is 0 Å². The number of thiazole rings is 1. The molecule has 0 aliphatic rings. The summed E-state index contributed by atoms with van der Waals surface area (Å²) in [5, 5.41) is 9.16. The molecule has 1 N–H and O–H groups in total. The minimum Gasteiger partial charge on any atom is -0.301 e. The molecule has 0 aliphatic heterocycles. The van der Waals surface area contributed by atoms with Crippen LogP contribution < -0.4 is 0 Å². The minimum absolute atomic E-state index is 0.0387. The predicted octanol–water partition coefficient (Wildman–Crippen LogP) is 2.16. The van der Waals surface area contributed by atoms with E-state index in [-0.39, 0.29) is 6.42 Å². The Morgan fingerprint density at radius 2 is 2.40 bits per heavy atom. The second-order valence-electron chi connectivity index (χ2n) is 3.14. The molecule has 0 saturated heterocycles. The number of carbonyl (C=O) groups excluding carboxylic acids is 1. The lowest BCUT2D eigenvalue weighted by Crippen LogP contribution is -2.05. The van der Waals surface area contributed by atoms with Gasteiger partial charge >= 0.3 is 5.97 Å². The van der Waals surface area contributed by atoms with Gasteiger partial charge in [0.15, 0.2) is 0 Å². The summed E-state index contributed by atoms with van der Waals surface area (Å²) in [6.07, 6.45) is 0.0387. The Morgan fingerprint density at radius 1 is 1.60 bits per heavy atom. The van der Waals surface area contributed by atoms with Gasteiger partial charge in [-0.1, -0.05) is 12.1 Å². The Hall–Kier alpha value is -1.46. The summed E-state index contributed by atoms with van der Waals surface area (Å²) >= 11 is 1.58. The zero-order valence-electron chi connectivity index (χ0n) is 8.06. The Labute approximate surface area is 90.1 Å². The predicted molar refractivity (Wildman–Crippen MR) is 56.8 cm³/mol. The highest BCUT2D eigenvalue weighted by molar-refractivity contribution is 7.18. The number of aryl methyl sites for hydroxylation is 1. The molecule has 0 saturated carbocycles. The Kier molecular flexibility index (Phi) is 2.66. The summed E-state index contributed by atoms with van der Waals surface area (Å²) < 4.78 is 1.04. The molecule has 0 unspecified atom stereocenters. The van der Waals surface area contributed by atoms with Gasteiger partial charge < -0.3 is 4.89 Å². The number of carbonyl (C=O) groups is 1. The van der Waals surface area contributed by atoms with Crippen molar-refractivity contribution in [3.05, 3.63) is 28.8 Å². The summed E-state index contributed by atoms with van der Waals surface area (Å²) in [5.74, 6) is -0.673. The van der Waals surface area contributed by atoms with E-state index < -0.39 is 5.97 Å². The third-order valence-corrected chi connectivity index (χ3v) is 2.98. The summed E-state index contributed by atoms with van der Waals surface area (Å²) in [5.41, 5.74) is 1.58. The summed E-state index contributed by atoms with van der Waals surface area (Å²) in [6.45, 7) is 1.92. The van der Waals surface area contributed by atoms with Crippen LogP contribution in [-0.2, 0) is 16.1 Å². The highest BCUT2D eigenvalue weighted by Crippen LogP contribution is 2.24. The van der Waals surface area contributed by atoms with E-state index in [0.29, 0.717) is 0 Å². The Morgan fingerprint density at radius 3 is 3.13 bits per heavy atom. The minimum atomic E-state index is -0.673. The Balaban J connectivity index is 2.46. The molecule has 0 radical (unpaired) electrons. The zero-order valence-corrected chi connectivity index (χ0v) is 8.87. The van der Waals surface area contributed by atoms with Crippen molar-refractivity contribution in [2.75, 3.05) is 0 Å². The topological polar surface area (TPSA) is 59.4 Å². The first kappa shape index (κ1) is 10.1. The summed E-state index contributed by atoms with van der Waals surface area (Å²) in [7, 11) is 0. The van der Waals surface area contributed by atoms with Crippen LogP contribution in [0, 0.1) is 6.92 Å². The SMILES string of the molecule is Cc1nc2c(CC(=O)OO)cccc2s1. The second kappa shape index (κ2) is 3.96. The number of para-hydroxylation sites is 1. The molecule has 4 nitrogen and oxygen atoms in total. The van der Waals surface area contributed by atoms with Crippen LogP contribution in [0.5, 0.6) is 0 Å². The fraction of sp³-hybridized carbons (Fsp3) is 0.200. The van der Waals surface area contributed by atoms with Crippen molar-refractivity contribution >= 4 is 27.5 Å². The van der Waals surface area contributed by atoms with Crippen LogP contribution in [-0.4, -0.2) is 16.2 Å². The number of hydrogen-bond donors (Lipinski definition) is 1. The van der Waals surface area contributed by atoms with E-state index in [9.17, 15) is 4.79 Å². The van der Waals surface area contributed by atoms with E-state index in [4.69, 9.17) is 5.26 Å². The number of nitrogens with zero attached hydrogens (tertiary/aromatic N) is 1. The molecular weight excluding hydrogens is 214 g/mol. The second-order valence-corrected chi connectivity index (χ2v) is 4.37. The molecule has 0 fully saturated rings. The van der Waals surface area contributed by atoms with Gasteiger partial charge in [-0.2, -0.15) is 5.26 Å². The first-order chi connectivity index (χ1) is 7.20. The lowest BCUT2D eigenvalue weighted by molar-refractivity contribution is -0.233. The third-order valence-electron chi connectivity index (χ3n) is 2.05. The highest BCUT2D eigenvalue weighted by atomic mass is 32.1. The van der Waals surface area contributed by atoms with Crippen molar-refractivity contribution in [1.82, 2.24) is 4.98 Å². The highest BCUT2D eigenvalue weighted by Gasteiger charge is 2.10. The van der Waals surface area contributed by atoms with Crippen LogP contribution in [0.15, 0.2) is 18.2 Å². The van der Waals surface area contributed by atoms with Gasteiger partial charge in [0, 0.05) is 0 Å². The number of rotatable bonds is 2. The summed E-state index contributed by atoms with van der Waals surface area (Å²) in [4.78, 5) is 18.9. The van der Waals surface area contributed by atoms with Crippen LogP contribution in [0.2, 0.25) is 0 Å². The van der Waals surface area contributed by atoms with E-state index in [1.54, 1.807) is 17.4 Å². The number of benzene rings is 1. The molecule has 2 rings (SSSR count). The quantitative estimate of drug-likeness (QED) is 0.626. The summed E-state index contributed by atoms with van der Waals surface area (Å²) in [6, 6.07) is 5.62. The zero-order chi connectivity index (χ0) is 10.8. The van der Waals surface area contributed by atoms with E-state index in [1.165, 1.54) is 0 Å². The molecule has 0 aliphatic carbocycles. The van der Waals surface area contributed by atoms with E-state index >= 15 is 0 Å². The monoisotopic (exact) mass is 223 g/mol. The fourth-order valence-electron chi connectivity index (χ4n) is 1.45. The molecule has 1 heterocycles. The third kappa shape index (κ3) is 1.98. The van der Waals surface area contributed by atoms with Crippen molar-refractivity contribution in [3.63, 3.8) is 0 Å². The number of aromatic nitrogens is 1. The maximum absolute atomic E-state index is 10.9. The molecular formula is C10H9NO3S. The smallest absolute Gasteiger partial charge is 0.301 e. The van der Waals surface area contributed by atoms with Crippen molar-refractivity contribution in [1.29, 1.82) is 0 Å². The maximum Gasteiger partial charge on any atom is 0.346 e. The lowest BCUT2D eigenvalue weighted by Gasteiger charge is -1.98. The lowest BCUT2D eigenvalue weighted by atomic mass is 10.1. The van der Waals surface area contributed by atoms with Gasteiger partial charge in [0.05, 0.1) is 21.6 Å². The first-order valence-electron chi connectivity index (χ1n) is 4.40. The molecule has 1 aromatic heterocycles. The van der Waals surface area contributed by atoms with Crippen LogP contribution in [0.25, 0.3) is 10.2 Å². The maximum atomic E-state index is 10.9. The van der Waals surface area contributed by atoms with Crippen LogP contribution in [0.4, 0.5) is 0 Å². The molecule has 78 valence electrons. The molecule has 0 atom stereocenters. The van der Waals surface area contributed by atoms with Gasteiger partial charge in [-0.15, -0.1) is 11.3 Å². The van der Waals surface area contributed by atoms with Crippen molar-refractivity contribution in [2.45, 2.75) is 13.3 Å². The first-order valence-corrected chi connectivity index (χ1v) is 5.21. The molecule has 0 spiro atoms. The largest absolute Gasteiger partial charge is 0.346 e. The van der Waals surface area contributed by atoms with Crippen molar-refractivity contribution < 1.29 is 14.9 Å². The van der Waals surface area contributed by atoms with E-state index in [1.807, 2.05) is 19.1 Å². The van der Waals surface area contributed by atoms with Gasteiger partial charge in [-0.3, -0.25) is 0 Å². The molecule has 0 bridgehead atoms. The fourth-order valence-corrected chi connectivity index (χ4v) is 2.32. The average molecular weight is 223 g/mol. The van der Waals surface area contributed by atoms with Gasteiger partial charge in [0.2, 0.25) is 0 Å². The van der Waals surface area contributed by atoms with Gasteiger partial charge in [-0.05, 0) is 18.6 Å². The number of hydrogen-bond acceptors (Lipinski definition) is 5. The molecule has 2 aromatic rings. The van der Waals surface area contributed by atoms with Gasteiger partial charge in [0.1, 0.15) is 0 Å². The molecule has 5 heteroatoms. The van der Waals surface area contributed by atoms with E-state index in [0.717, 1.165) is 20.8 Å². The standard InChI is InChI=1S/C10H9NO3S/c1-6-11-10-7(5-9(12)14-13)3-2-4-8(10)15-6/h2-4,13H,5H2,1H3. The molecule has 0 amide bonds. The van der Waals surface area contributed by atoms with Gasteiger partial charge in [-0.25, -0.2) is 9.78 Å². The van der Waals surface area contributed by atoms with E-state index in [2.05, 4.69) is 9.87 Å². The van der Waals surface area contributed by atoms with Crippen LogP contribution >= 0.6 is 11.3 Å². The average Bonchev–Trinajstić information content (AvgIpc) is 2.59. The van der Waals surface area contributed by atoms with Crippen molar-refractivity contribution in [2.24, 2.45) is 0 Å². The molecule has 15 heavy (non-hydrogen) atoms. The molecule has 1 aromatic carbocycles. The van der Waals surface area contributed by atoms with Gasteiger partial charge in [0.25, 0.3) is 0 Å². The van der Waals surface area contributed by atoms with Crippen LogP contribution in [0.1, 0.15) is 10.6 Å². The van der Waals surface area contributed by atoms with Crippen molar-refractivity contribution in [3.8, 4) is 0 Å². The Bertz CT molecular complexity index is 506. The number of fused-ring (bicyclic) bond motifs is 1.